The van der Waals surface area contributed by atoms with Crippen molar-refractivity contribution in [3.8, 4) is 0 Å². The number of benzene rings is 2. The molecule has 0 saturated carbocycles. The number of allylic oxidation sites excluding steroid dienone is 4. The molecule has 0 aromatic heterocycles. The van der Waals surface area contributed by atoms with Crippen LogP contribution in [0.25, 0.3) is 12.2 Å². The summed E-state index contributed by atoms with van der Waals surface area (Å²) in [6, 6.07) is 14.3. The number of urea groups is 2. The summed E-state index contributed by atoms with van der Waals surface area (Å²) in [6.07, 6.45) is 9.73. The van der Waals surface area contributed by atoms with Crippen molar-refractivity contribution in [3.05, 3.63) is 95.1 Å². The van der Waals surface area contributed by atoms with E-state index in [2.05, 4.69) is 5.32 Å². The first kappa shape index (κ1) is 34.7. The van der Waals surface area contributed by atoms with E-state index < -0.39 is 35.7 Å². The van der Waals surface area contributed by atoms with Gasteiger partial charge in [0.15, 0.2) is 0 Å². The fourth-order valence-electron chi connectivity index (χ4n) is 4.32. The Morgan fingerprint density at radius 1 is 0.674 bits per heavy atom. The summed E-state index contributed by atoms with van der Waals surface area (Å²) in [6.45, 7) is 1.89. The number of barbiturate groups is 2. The summed E-state index contributed by atoms with van der Waals surface area (Å²) < 4.78 is 0. The van der Waals surface area contributed by atoms with Gasteiger partial charge in [0.1, 0.15) is 11.1 Å². The van der Waals surface area contributed by atoms with Crippen LogP contribution in [0.4, 0.5) is 21.0 Å². The molecule has 4 rings (SSSR count). The maximum atomic E-state index is 12.1. The normalized spacial score (nSPS) is 16.4. The summed E-state index contributed by atoms with van der Waals surface area (Å²) >= 11 is 0. The molecule has 12 heteroatoms. The molecule has 0 bridgehead atoms. The highest BCUT2D eigenvalue weighted by atomic mass is 16.2. The van der Waals surface area contributed by atoms with Crippen LogP contribution in [-0.4, -0.2) is 99.2 Å². The number of amides is 8. The topological polar surface area (TPSA) is 131 Å². The van der Waals surface area contributed by atoms with Crippen LogP contribution in [0.2, 0.25) is 0 Å². The molecule has 2 fully saturated rings. The van der Waals surface area contributed by atoms with E-state index in [1.165, 1.54) is 26.2 Å². The fourth-order valence-corrected chi connectivity index (χ4v) is 4.32. The van der Waals surface area contributed by atoms with E-state index in [0.717, 1.165) is 37.2 Å². The van der Waals surface area contributed by atoms with Gasteiger partial charge in [0.05, 0.1) is 0 Å². The van der Waals surface area contributed by atoms with E-state index in [4.69, 9.17) is 0 Å². The molecule has 2 aliphatic rings. The van der Waals surface area contributed by atoms with Gasteiger partial charge < -0.3 is 9.80 Å². The summed E-state index contributed by atoms with van der Waals surface area (Å²) in [5.41, 5.74) is 3.91. The van der Waals surface area contributed by atoms with Crippen LogP contribution in [0.3, 0.4) is 0 Å². The number of imide groups is 4. The summed E-state index contributed by atoms with van der Waals surface area (Å²) in [5, 5.41) is 2.15. The zero-order chi connectivity index (χ0) is 34.1. The highest BCUT2D eigenvalue weighted by Crippen LogP contribution is 2.18. The molecule has 46 heavy (non-hydrogen) atoms. The molecule has 2 aromatic carbocycles. The third kappa shape index (κ3) is 8.23. The number of hydrogen-bond donors (Lipinski definition) is 1. The van der Waals surface area contributed by atoms with Gasteiger partial charge in [-0.25, -0.2) is 9.59 Å². The molecule has 8 amide bonds. The van der Waals surface area contributed by atoms with Gasteiger partial charge in [-0.1, -0.05) is 48.6 Å². The van der Waals surface area contributed by atoms with Crippen molar-refractivity contribution in [2.24, 2.45) is 0 Å². The molecule has 0 unspecified atom stereocenters. The lowest BCUT2D eigenvalue weighted by Crippen LogP contribution is -2.53. The molecule has 0 aliphatic carbocycles. The van der Waals surface area contributed by atoms with Crippen molar-refractivity contribution in [2.75, 3.05) is 58.6 Å². The van der Waals surface area contributed by atoms with E-state index in [-0.39, 0.29) is 17.7 Å². The Kier molecular flexibility index (Phi) is 11.5. The third-order valence-corrected chi connectivity index (χ3v) is 7.02. The van der Waals surface area contributed by atoms with Crippen molar-refractivity contribution in [1.82, 2.24) is 20.0 Å². The predicted molar refractivity (Wildman–Crippen MR) is 178 cm³/mol. The number of anilines is 2. The zero-order valence-electron chi connectivity index (χ0n) is 27.0. The van der Waals surface area contributed by atoms with Gasteiger partial charge >= 0.3 is 12.1 Å². The van der Waals surface area contributed by atoms with Crippen LogP contribution in [0.15, 0.2) is 84.0 Å². The largest absolute Gasteiger partial charge is 0.378 e. The van der Waals surface area contributed by atoms with Crippen LogP contribution < -0.4 is 15.1 Å². The maximum Gasteiger partial charge on any atom is 0.333 e. The van der Waals surface area contributed by atoms with Gasteiger partial charge in [-0.05, 0) is 54.5 Å². The predicted octanol–water partition coefficient (Wildman–Crippen LogP) is 3.53. The van der Waals surface area contributed by atoms with Crippen LogP contribution >= 0.6 is 0 Å². The van der Waals surface area contributed by atoms with E-state index in [1.54, 1.807) is 31.2 Å². The Hall–Kier alpha value is -5.78. The van der Waals surface area contributed by atoms with Gasteiger partial charge in [0.2, 0.25) is 0 Å². The molecule has 2 aromatic rings. The second-order valence-corrected chi connectivity index (χ2v) is 10.7. The monoisotopic (exact) mass is 626 g/mol. The van der Waals surface area contributed by atoms with Crippen molar-refractivity contribution >= 4 is 59.2 Å². The third-order valence-electron chi connectivity index (χ3n) is 7.02. The number of likely N-dealkylation sites (N-methyl/N-ethyl adjacent to an activating group) is 3. The highest BCUT2D eigenvalue weighted by Gasteiger charge is 2.37. The average Bonchev–Trinajstić information content (AvgIpc) is 3.03. The molecule has 2 saturated heterocycles. The first-order valence-corrected chi connectivity index (χ1v) is 14.4. The van der Waals surface area contributed by atoms with Crippen molar-refractivity contribution in [2.45, 2.75) is 6.92 Å². The summed E-state index contributed by atoms with van der Waals surface area (Å²) in [7, 11) is 10.5. The van der Waals surface area contributed by atoms with Crippen molar-refractivity contribution < 1.29 is 28.8 Å². The summed E-state index contributed by atoms with van der Waals surface area (Å²) in [5.74, 6) is -2.43. The Morgan fingerprint density at radius 3 is 1.57 bits per heavy atom. The number of nitrogens with one attached hydrogen (secondary N) is 1. The number of hydrogen-bond acceptors (Lipinski definition) is 8. The highest BCUT2D eigenvalue weighted by molar-refractivity contribution is 6.29. The number of rotatable bonds is 7. The van der Waals surface area contributed by atoms with Crippen LogP contribution in [0.5, 0.6) is 0 Å². The lowest BCUT2D eigenvalue weighted by molar-refractivity contribution is -0.134. The molecular formula is C34H38N6O6. The second-order valence-electron chi connectivity index (χ2n) is 10.7. The van der Waals surface area contributed by atoms with Crippen LogP contribution in [0, 0.1) is 0 Å². The Morgan fingerprint density at radius 2 is 1.13 bits per heavy atom. The standard InChI is InChI=1S/2C17H19N3O3/c1-18(2)13-9-5-7-12(11-13)8-6-10-14-15(21)19(3)17(23)20(4)16(14)22;1-4-20-16(22)14(15(21)18-17(20)23)10-6-8-12-7-5-9-13(11-12)19(2)3/h5-11H,1-4H3;5-11H,4H2,1-3H3,(H,18,21,23)/b8-6+;8-6+,14-10+. The van der Waals surface area contributed by atoms with E-state index >= 15 is 0 Å². The zero-order valence-corrected chi connectivity index (χ0v) is 27.0. The van der Waals surface area contributed by atoms with E-state index in [1.807, 2.05) is 86.5 Å². The molecule has 12 nitrogen and oxygen atoms in total. The molecular weight excluding hydrogens is 588 g/mol. The minimum absolute atomic E-state index is 0.0328. The molecule has 0 atom stereocenters. The molecule has 1 N–H and O–H groups in total. The van der Waals surface area contributed by atoms with E-state index in [9.17, 15) is 28.8 Å². The smallest absolute Gasteiger partial charge is 0.333 e. The van der Waals surface area contributed by atoms with Gasteiger partial charge in [-0.2, -0.15) is 0 Å². The summed E-state index contributed by atoms with van der Waals surface area (Å²) in [4.78, 5) is 77.9. The quantitative estimate of drug-likeness (QED) is 0.365. The number of nitrogens with zero attached hydrogens (tertiary/aromatic N) is 5. The SMILES string of the molecule is CCN1C(=O)NC(=O)/C(=C\C=C\c2cccc(N(C)C)c2)C1=O.CN1C(=O)C(=C/C=C/c2cccc(N(C)C)c2)C(=O)N(C)C1=O. The van der Waals surface area contributed by atoms with Crippen LogP contribution in [0.1, 0.15) is 18.1 Å². The molecule has 240 valence electrons. The second kappa shape index (κ2) is 15.3. The lowest BCUT2D eigenvalue weighted by Gasteiger charge is -2.28. The lowest BCUT2D eigenvalue weighted by atomic mass is 10.1. The van der Waals surface area contributed by atoms with Crippen molar-refractivity contribution in [1.29, 1.82) is 0 Å². The van der Waals surface area contributed by atoms with E-state index in [0.29, 0.717) is 0 Å². The first-order valence-electron chi connectivity index (χ1n) is 14.4. The molecule has 0 radical (unpaired) electrons. The Bertz CT molecular complexity index is 1640. The average molecular weight is 627 g/mol. The number of carbonyl (C=O) groups excluding carboxylic acids is 6. The van der Waals surface area contributed by atoms with Gasteiger partial charge in [-0.15, -0.1) is 0 Å². The Balaban J connectivity index is 0.000000250. The van der Waals surface area contributed by atoms with Gasteiger partial charge in [0.25, 0.3) is 23.6 Å². The molecule has 2 heterocycles. The maximum absolute atomic E-state index is 12.1. The molecule has 0 spiro atoms. The van der Waals surface area contributed by atoms with Gasteiger partial charge in [0, 0.05) is 60.2 Å². The minimum Gasteiger partial charge on any atom is -0.378 e. The van der Waals surface area contributed by atoms with Crippen molar-refractivity contribution in [3.63, 3.8) is 0 Å². The fraction of sp³-hybridized carbons (Fsp3) is 0.235. The van der Waals surface area contributed by atoms with Crippen LogP contribution in [-0.2, 0) is 19.2 Å². The molecule has 2 aliphatic heterocycles. The Labute approximate surface area is 268 Å². The minimum atomic E-state index is -0.678. The van der Waals surface area contributed by atoms with Gasteiger partial charge in [-0.3, -0.25) is 39.2 Å². The number of carbonyl (C=O) groups is 6. The first-order chi connectivity index (χ1) is 21.8.